The van der Waals surface area contributed by atoms with Crippen molar-refractivity contribution < 1.29 is 45.6 Å². The van der Waals surface area contributed by atoms with Gasteiger partial charge >= 0.3 is 0 Å². The molecule has 24 heavy (non-hydrogen) atoms. The van der Waals surface area contributed by atoms with Gasteiger partial charge in [-0.25, -0.2) is 0 Å². The van der Waals surface area contributed by atoms with E-state index in [0.29, 0.717) is 0 Å². The number of ether oxygens (including phenoxy) is 1. The summed E-state index contributed by atoms with van der Waals surface area (Å²) >= 11 is 0. The van der Waals surface area contributed by atoms with Crippen LogP contribution in [-0.2, 0) is 4.74 Å². The minimum absolute atomic E-state index is 0. The van der Waals surface area contributed by atoms with Gasteiger partial charge in [0.05, 0.1) is 24.9 Å². The molecule has 8 N–H and O–H groups in total. The van der Waals surface area contributed by atoms with Crippen molar-refractivity contribution in [2.24, 2.45) is 5.92 Å². The van der Waals surface area contributed by atoms with Crippen molar-refractivity contribution in [3.05, 3.63) is 0 Å². The lowest BCUT2D eigenvalue weighted by molar-refractivity contribution is -0.255. The molecule has 9 atom stereocenters. The molecule has 9 heteroatoms. The van der Waals surface area contributed by atoms with Crippen molar-refractivity contribution >= 4 is 0 Å². The molecule has 1 fully saturated rings. The molecule has 148 valence electrons. The topological polar surface area (TPSA) is 171 Å². The fourth-order valence-corrected chi connectivity index (χ4v) is 1.99. The van der Waals surface area contributed by atoms with Crippen molar-refractivity contribution in [1.29, 1.82) is 0 Å². The third-order valence-corrected chi connectivity index (χ3v) is 3.92. The molecule has 0 aromatic rings. The molecule has 1 saturated heterocycles. The van der Waals surface area contributed by atoms with Crippen LogP contribution in [0.4, 0.5) is 0 Å². The van der Waals surface area contributed by atoms with Gasteiger partial charge in [0.15, 0.2) is 6.29 Å². The summed E-state index contributed by atoms with van der Waals surface area (Å²) < 4.78 is 4.93. The Morgan fingerprint density at radius 3 is 1.75 bits per heavy atom. The monoisotopic (exact) mass is 358 g/mol. The first-order valence-corrected chi connectivity index (χ1v) is 7.61. The zero-order valence-corrected chi connectivity index (χ0v) is 13.6. The first-order chi connectivity index (χ1) is 10.6. The maximum Gasteiger partial charge on any atom is 0.160 e. The fourth-order valence-electron chi connectivity index (χ4n) is 1.99. The average Bonchev–Trinajstić information content (AvgIpc) is 2.55. The summed E-state index contributed by atoms with van der Waals surface area (Å²) in [5.74, 6) is -0.429. The highest BCUT2D eigenvalue weighted by molar-refractivity contribution is 4.84. The summed E-state index contributed by atoms with van der Waals surface area (Å²) in [6, 6.07) is 0. The van der Waals surface area contributed by atoms with Crippen molar-refractivity contribution in [3.63, 3.8) is 0 Å². The highest BCUT2D eigenvalue weighted by Gasteiger charge is 2.39. The minimum Gasteiger partial charge on any atom is -0.394 e. The Kier molecular flexibility index (Phi) is 13.0. The van der Waals surface area contributed by atoms with Gasteiger partial charge < -0.3 is 45.6 Å². The number of rotatable bonds is 5. The van der Waals surface area contributed by atoms with E-state index in [1.807, 2.05) is 0 Å². The van der Waals surface area contributed by atoms with Crippen LogP contribution >= 0.6 is 0 Å². The molecule has 0 aromatic heterocycles. The van der Waals surface area contributed by atoms with Crippen molar-refractivity contribution in [1.82, 2.24) is 0 Å². The van der Waals surface area contributed by atoms with Gasteiger partial charge in [0.2, 0.25) is 0 Å². The largest absolute Gasteiger partial charge is 0.394 e. The number of aliphatic hydroxyl groups is 8. The molecule has 0 saturated carbocycles. The molecule has 1 aliphatic heterocycles. The second kappa shape index (κ2) is 12.1. The molecular weight excluding hydrogens is 324 g/mol. The molecule has 1 heterocycles. The lowest BCUT2D eigenvalue weighted by Crippen LogP contribution is -2.52. The van der Waals surface area contributed by atoms with Crippen LogP contribution in [0.25, 0.3) is 0 Å². The van der Waals surface area contributed by atoms with Gasteiger partial charge in [-0.1, -0.05) is 21.3 Å². The Morgan fingerprint density at radius 2 is 1.33 bits per heavy atom. The Morgan fingerprint density at radius 1 is 0.875 bits per heavy atom. The normalized spacial score (nSPS) is 34.9. The van der Waals surface area contributed by atoms with E-state index >= 15 is 0 Å². The standard InChI is InChI=1S/C7H16O5.C7H14O4.CH4/c1-2-4(9)6(11)7(12)5(10)3-8;1-3-5(8)6(9)4(2)11-7(3)10;/h4-12H,2-3H2,1H3;3-10H,1-2H3;1H4/t;3-,4-,5-,6-,7?;/m.1./s1. The van der Waals surface area contributed by atoms with Crippen LogP contribution in [0.2, 0.25) is 0 Å². The van der Waals surface area contributed by atoms with Crippen LogP contribution in [0.1, 0.15) is 34.6 Å². The van der Waals surface area contributed by atoms with E-state index in [9.17, 15) is 10.2 Å². The summed E-state index contributed by atoms with van der Waals surface area (Å²) in [4.78, 5) is 0. The number of hydrogen-bond acceptors (Lipinski definition) is 9. The summed E-state index contributed by atoms with van der Waals surface area (Å²) in [7, 11) is 0. The number of aliphatic hydroxyl groups excluding tert-OH is 8. The Bertz CT molecular complexity index is 289. The zero-order valence-electron chi connectivity index (χ0n) is 13.6. The molecule has 1 rings (SSSR count). The average molecular weight is 358 g/mol. The molecule has 1 aliphatic rings. The third kappa shape index (κ3) is 7.26. The van der Waals surface area contributed by atoms with E-state index in [1.165, 1.54) is 0 Å². The molecule has 5 unspecified atom stereocenters. The SMILES string of the molecule is C.CCC(O)C(O)C(O)C(O)CO.C[C@H]1OC(O)[C@H](C)[C@@H](O)[C@@H]1O. The number of hydrogen-bond donors (Lipinski definition) is 8. The Hall–Kier alpha value is -0.360. The summed E-state index contributed by atoms with van der Waals surface area (Å²) in [5, 5.41) is 72.2. The molecule has 0 amide bonds. The van der Waals surface area contributed by atoms with Gasteiger partial charge in [-0.05, 0) is 13.3 Å². The molecular formula is C15H34O9. The molecule has 0 radical (unpaired) electrons. The molecule has 0 bridgehead atoms. The molecule has 0 spiro atoms. The fraction of sp³-hybridized carbons (Fsp3) is 1.00. The lowest BCUT2D eigenvalue weighted by Gasteiger charge is -2.37. The Balaban J connectivity index is 0. The summed E-state index contributed by atoms with van der Waals surface area (Å²) in [6.45, 7) is 4.23. The van der Waals surface area contributed by atoms with E-state index in [2.05, 4.69) is 0 Å². The van der Waals surface area contributed by atoms with Gasteiger partial charge in [0, 0.05) is 5.92 Å². The second-order valence-electron chi connectivity index (χ2n) is 5.78. The van der Waals surface area contributed by atoms with E-state index < -0.39 is 61.5 Å². The van der Waals surface area contributed by atoms with Gasteiger partial charge in [0.1, 0.15) is 24.4 Å². The highest BCUT2D eigenvalue weighted by atomic mass is 16.6. The zero-order chi connectivity index (χ0) is 18.3. The van der Waals surface area contributed by atoms with Crippen molar-refractivity contribution in [3.8, 4) is 0 Å². The summed E-state index contributed by atoms with van der Waals surface area (Å²) in [6.07, 6.45) is -8.41. The smallest absolute Gasteiger partial charge is 0.160 e. The first-order valence-electron chi connectivity index (χ1n) is 7.61. The van der Waals surface area contributed by atoms with Crippen molar-refractivity contribution in [2.45, 2.75) is 83.6 Å². The highest BCUT2D eigenvalue weighted by Crippen LogP contribution is 2.23. The summed E-state index contributed by atoms with van der Waals surface area (Å²) in [5.41, 5.74) is 0. The van der Waals surface area contributed by atoms with Gasteiger partial charge in [-0.15, -0.1) is 0 Å². The van der Waals surface area contributed by atoms with Gasteiger partial charge in [0.25, 0.3) is 0 Å². The van der Waals surface area contributed by atoms with Crippen LogP contribution in [0.15, 0.2) is 0 Å². The van der Waals surface area contributed by atoms with Crippen LogP contribution in [-0.4, -0.2) is 96.5 Å². The quantitative estimate of drug-likeness (QED) is 0.266. The predicted octanol–water partition coefficient (Wildman–Crippen LogP) is -2.45. The van der Waals surface area contributed by atoms with E-state index in [-0.39, 0.29) is 13.8 Å². The van der Waals surface area contributed by atoms with Crippen LogP contribution in [0.3, 0.4) is 0 Å². The van der Waals surface area contributed by atoms with Crippen LogP contribution in [0, 0.1) is 5.92 Å². The lowest BCUT2D eigenvalue weighted by atomic mass is 9.93. The second-order valence-corrected chi connectivity index (χ2v) is 5.78. The van der Waals surface area contributed by atoms with Crippen molar-refractivity contribution in [2.75, 3.05) is 6.61 Å². The predicted molar refractivity (Wildman–Crippen MR) is 85.9 cm³/mol. The van der Waals surface area contributed by atoms with Crippen LogP contribution < -0.4 is 0 Å². The maximum atomic E-state index is 9.30. The molecule has 0 aromatic carbocycles. The first kappa shape index (κ1) is 25.9. The van der Waals surface area contributed by atoms with E-state index in [1.54, 1.807) is 20.8 Å². The molecule has 0 aliphatic carbocycles. The van der Waals surface area contributed by atoms with Gasteiger partial charge in [-0.3, -0.25) is 0 Å². The maximum absolute atomic E-state index is 9.30. The van der Waals surface area contributed by atoms with E-state index in [4.69, 9.17) is 35.4 Å². The third-order valence-electron chi connectivity index (χ3n) is 3.92. The Labute approximate surface area is 142 Å². The van der Waals surface area contributed by atoms with Gasteiger partial charge in [-0.2, -0.15) is 0 Å². The minimum atomic E-state index is -1.51. The van der Waals surface area contributed by atoms with Crippen LogP contribution in [0.5, 0.6) is 0 Å². The molecule has 9 nitrogen and oxygen atoms in total. The van der Waals surface area contributed by atoms with E-state index in [0.717, 1.165) is 0 Å².